The summed E-state index contributed by atoms with van der Waals surface area (Å²) in [7, 11) is 0. The fourth-order valence-corrected chi connectivity index (χ4v) is 7.90. The average molecular weight is 573 g/mol. The van der Waals surface area contributed by atoms with E-state index in [0.29, 0.717) is 55.9 Å². The van der Waals surface area contributed by atoms with Crippen LogP contribution in [-0.4, -0.2) is 36.6 Å². The Bertz CT molecular complexity index is 1240. The van der Waals surface area contributed by atoms with Crippen LogP contribution < -0.4 is 10.6 Å². The molecule has 2 aromatic rings. The number of hydrogen-bond acceptors (Lipinski definition) is 7. The minimum Gasteiger partial charge on any atom is -0.456 e. The molecule has 1 spiro atoms. The van der Waals surface area contributed by atoms with Gasteiger partial charge >= 0.3 is 18.2 Å². The molecular formula is C26H31F3N2O5S2. The summed E-state index contributed by atoms with van der Waals surface area (Å²) in [6.07, 6.45) is -0.0474. The van der Waals surface area contributed by atoms with Crippen molar-refractivity contribution in [2.75, 3.05) is 18.5 Å². The van der Waals surface area contributed by atoms with Crippen LogP contribution in [-0.2, 0) is 52.6 Å². The van der Waals surface area contributed by atoms with E-state index in [4.69, 9.17) is 14.2 Å². The molecule has 7 nitrogen and oxygen atoms in total. The predicted octanol–water partition coefficient (Wildman–Crippen LogP) is 6.22. The minimum absolute atomic E-state index is 0.141. The molecule has 3 heterocycles. The molecule has 2 amide bonds. The third kappa shape index (κ3) is 5.59. The monoisotopic (exact) mass is 572 g/mol. The van der Waals surface area contributed by atoms with Gasteiger partial charge in [-0.25, -0.2) is 9.59 Å². The Morgan fingerprint density at radius 3 is 2.39 bits per heavy atom. The maximum atomic E-state index is 13.8. The number of nitrogens with one attached hydrogen (secondary N) is 2. The van der Waals surface area contributed by atoms with Gasteiger partial charge in [0.25, 0.3) is 0 Å². The van der Waals surface area contributed by atoms with Gasteiger partial charge in [0.2, 0.25) is 0 Å². The van der Waals surface area contributed by atoms with Crippen LogP contribution in [0.15, 0.2) is 0 Å². The largest absolute Gasteiger partial charge is 0.456 e. The molecule has 2 aliphatic carbocycles. The summed E-state index contributed by atoms with van der Waals surface area (Å²) >= 11 is 2.03. The number of ether oxygens (including phenoxy) is 3. The number of carbonyl (C=O) groups is 2. The lowest BCUT2D eigenvalue weighted by Gasteiger charge is -2.31. The van der Waals surface area contributed by atoms with Gasteiger partial charge in [0, 0.05) is 29.1 Å². The first-order valence-corrected chi connectivity index (χ1v) is 14.4. The first-order valence-electron chi connectivity index (χ1n) is 12.8. The highest BCUT2D eigenvalue weighted by molar-refractivity contribution is 7.17. The van der Waals surface area contributed by atoms with Gasteiger partial charge in [-0.2, -0.15) is 13.2 Å². The van der Waals surface area contributed by atoms with Gasteiger partial charge < -0.3 is 19.5 Å². The van der Waals surface area contributed by atoms with Crippen LogP contribution in [0.4, 0.5) is 23.0 Å². The number of aryl methyl sites for hydroxylation is 1. The van der Waals surface area contributed by atoms with E-state index in [1.165, 1.54) is 11.3 Å². The fraction of sp³-hybridized carbons (Fsp3) is 0.615. The van der Waals surface area contributed by atoms with Gasteiger partial charge in [0.15, 0.2) is 5.79 Å². The minimum atomic E-state index is -4.48. The molecule has 0 unspecified atom stereocenters. The van der Waals surface area contributed by atoms with Crippen LogP contribution in [0.1, 0.15) is 81.7 Å². The highest BCUT2D eigenvalue weighted by atomic mass is 32.1. The van der Waals surface area contributed by atoms with Crippen LogP contribution in [0.25, 0.3) is 0 Å². The van der Waals surface area contributed by atoms with Gasteiger partial charge in [-0.15, -0.1) is 22.7 Å². The fourth-order valence-electron chi connectivity index (χ4n) is 5.31. The van der Waals surface area contributed by atoms with Crippen LogP contribution in [0.3, 0.4) is 0 Å². The lowest BCUT2D eigenvalue weighted by atomic mass is 9.90. The molecule has 3 aliphatic rings. The molecule has 0 radical (unpaired) electrons. The lowest BCUT2D eigenvalue weighted by molar-refractivity contribution is -0.163. The Kier molecular flexibility index (Phi) is 7.29. The molecule has 2 aromatic heterocycles. The van der Waals surface area contributed by atoms with E-state index in [1.54, 1.807) is 20.8 Å². The molecule has 0 bridgehead atoms. The van der Waals surface area contributed by atoms with Gasteiger partial charge in [0.05, 0.1) is 18.8 Å². The van der Waals surface area contributed by atoms with E-state index in [-0.39, 0.29) is 17.7 Å². The van der Waals surface area contributed by atoms with Crippen molar-refractivity contribution in [3.05, 3.63) is 36.9 Å². The summed E-state index contributed by atoms with van der Waals surface area (Å²) in [4.78, 5) is 27.1. The number of rotatable bonds is 4. The Morgan fingerprint density at radius 2 is 1.71 bits per heavy atom. The molecular weight excluding hydrogens is 541 g/mol. The van der Waals surface area contributed by atoms with Crippen molar-refractivity contribution in [2.45, 2.75) is 89.8 Å². The Hall–Kier alpha value is -2.15. The number of fused-ring (bicyclic) bond motifs is 2. The van der Waals surface area contributed by atoms with Crippen LogP contribution in [0.2, 0.25) is 0 Å². The van der Waals surface area contributed by atoms with Crippen LogP contribution in [0.5, 0.6) is 0 Å². The number of hydrogen-bond donors (Lipinski definition) is 2. The molecule has 0 aromatic carbocycles. The maximum absolute atomic E-state index is 13.8. The summed E-state index contributed by atoms with van der Waals surface area (Å²) in [5, 5.41) is 5.63. The first-order chi connectivity index (χ1) is 17.9. The number of anilines is 1. The van der Waals surface area contributed by atoms with Crippen molar-refractivity contribution in [3.8, 4) is 0 Å². The summed E-state index contributed by atoms with van der Waals surface area (Å²) in [6.45, 7) is 6.04. The van der Waals surface area contributed by atoms with E-state index in [1.807, 2.05) is 0 Å². The number of urea groups is 1. The highest BCUT2D eigenvalue weighted by Gasteiger charge is 2.43. The number of amides is 2. The van der Waals surface area contributed by atoms with Crippen molar-refractivity contribution < 1.29 is 37.0 Å². The first kappa shape index (κ1) is 27.4. The standard InChI is InChI=1S/C26H31F3N2O5S2/c1-24(2,3)36-22(32)19-15-8-9-25(34-10-11-35-25)12-18(15)38-21(19)31-23(33)30-13-16-14-6-4-5-7-17(14)37-20(16)26(27,28)29/h4-13H2,1-3H3,(H2,30,31,33). The summed E-state index contributed by atoms with van der Waals surface area (Å²) in [6, 6.07) is -0.680. The van der Waals surface area contributed by atoms with Crippen LogP contribution in [0, 0.1) is 0 Å². The molecule has 12 heteroatoms. The lowest BCUT2D eigenvalue weighted by Crippen LogP contribution is -2.36. The van der Waals surface area contributed by atoms with E-state index in [0.717, 1.165) is 39.5 Å². The van der Waals surface area contributed by atoms with E-state index >= 15 is 0 Å². The highest BCUT2D eigenvalue weighted by Crippen LogP contribution is 2.45. The number of thiophene rings is 2. The average Bonchev–Trinajstić information content (AvgIpc) is 3.51. The number of esters is 1. The summed E-state index contributed by atoms with van der Waals surface area (Å²) in [5.41, 5.74) is 1.17. The van der Waals surface area contributed by atoms with Gasteiger partial charge in [0.1, 0.15) is 15.5 Å². The molecule has 5 rings (SSSR count). The third-order valence-electron chi connectivity index (χ3n) is 6.88. The molecule has 1 aliphatic heterocycles. The predicted molar refractivity (Wildman–Crippen MR) is 138 cm³/mol. The van der Waals surface area contributed by atoms with Crippen LogP contribution >= 0.6 is 22.7 Å². The second-order valence-corrected chi connectivity index (χ2v) is 13.0. The molecule has 38 heavy (non-hydrogen) atoms. The zero-order valence-corrected chi connectivity index (χ0v) is 23.2. The molecule has 208 valence electrons. The molecule has 1 saturated heterocycles. The number of carbonyl (C=O) groups excluding carboxylic acids is 2. The third-order valence-corrected chi connectivity index (χ3v) is 9.41. The second kappa shape index (κ2) is 10.1. The SMILES string of the molecule is CC(C)(C)OC(=O)c1c(NC(=O)NCc2c(C(F)(F)F)sc3c2CCCC3)sc2c1CCC1(C2)OCCO1. The number of alkyl halides is 3. The smallest absolute Gasteiger partial charge is 0.425 e. The topological polar surface area (TPSA) is 85.9 Å². The zero-order chi connectivity index (χ0) is 27.3. The van der Waals surface area contributed by atoms with Crippen molar-refractivity contribution in [2.24, 2.45) is 0 Å². The number of halogens is 3. The molecule has 1 fully saturated rings. The molecule has 2 N–H and O–H groups in total. The Morgan fingerprint density at radius 1 is 1.00 bits per heavy atom. The Labute approximate surface area is 227 Å². The molecule has 0 atom stereocenters. The van der Waals surface area contributed by atoms with E-state index in [2.05, 4.69) is 10.6 Å². The van der Waals surface area contributed by atoms with Gasteiger partial charge in [-0.1, -0.05) is 0 Å². The van der Waals surface area contributed by atoms with Crippen molar-refractivity contribution in [1.82, 2.24) is 5.32 Å². The van der Waals surface area contributed by atoms with Crippen molar-refractivity contribution >= 4 is 39.7 Å². The van der Waals surface area contributed by atoms with Crippen molar-refractivity contribution in [3.63, 3.8) is 0 Å². The summed E-state index contributed by atoms with van der Waals surface area (Å²) in [5.74, 6) is -1.28. The second-order valence-electron chi connectivity index (χ2n) is 10.8. The van der Waals surface area contributed by atoms with E-state index in [9.17, 15) is 22.8 Å². The molecule has 0 saturated carbocycles. The van der Waals surface area contributed by atoms with Crippen molar-refractivity contribution in [1.29, 1.82) is 0 Å². The zero-order valence-electron chi connectivity index (χ0n) is 21.6. The van der Waals surface area contributed by atoms with E-state index < -0.39 is 34.4 Å². The normalized spacial score (nSPS) is 18.7. The van der Waals surface area contributed by atoms with Gasteiger partial charge in [-0.05, 0) is 69.6 Å². The maximum Gasteiger partial charge on any atom is 0.425 e. The Balaban J connectivity index is 1.38. The quantitative estimate of drug-likeness (QED) is 0.425. The van der Waals surface area contributed by atoms with Gasteiger partial charge in [-0.3, -0.25) is 5.32 Å². The summed E-state index contributed by atoms with van der Waals surface area (Å²) < 4.78 is 58.6.